The lowest BCUT2D eigenvalue weighted by Crippen LogP contribution is -2.34. The minimum absolute atomic E-state index is 0.445. The smallest absolute Gasteiger partial charge is 0.135 e. The second kappa shape index (κ2) is 5.22. The lowest BCUT2D eigenvalue weighted by atomic mass is 9.97. The van der Waals surface area contributed by atoms with Crippen LogP contribution in [0.5, 0.6) is 5.75 Å². The summed E-state index contributed by atoms with van der Waals surface area (Å²) in [6, 6.07) is 16.4. The van der Waals surface area contributed by atoms with Gasteiger partial charge in [-0.1, -0.05) is 30.3 Å². The first-order chi connectivity index (χ1) is 10.1. The van der Waals surface area contributed by atoms with E-state index in [2.05, 4.69) is 34.6 Å². The van der Waals surface area contributed by atoms with Crippen molar-refractivity contribution in [2.75, 3.05) is 13.7 Å². The number of ether oxygens (including phenoxy) is 1. The van der Waals surface area contributed by atoms with Gasteiger partial charge in [0.05, 0.1) is 13.7 Å². The highest BCUT2D eigenvalue weighted by atomic mass is 16.5. The van der Waals surface area contributed by atoms with E-state index in [4.69, 9.17) is 10.5 Å². The molecule has 1 heterocycles. The van der Waals surface area contributed by atoms with Crippen LogP contribution in [0.2, 0.25) is 0 Å². The van der Waals surface area contributed by atoms with E-state index in [1.165, 1.54) is 0 Å². The summed E-state index contributed by atoms with van der Waals surface area (Å²) in [6.45, 7) is 2.66. The number of nitrogens with two attached hydrogens (primary N) is 1. The van der Waals surface area contributed by atoms with Crippen LogP contribution in [0.1, 0.15) is 12.5 Å². The van der Waals surface area contributed by atoms with Crippen LogP contribution in [0.4, 0.5) is 0 Å². The Balaban J connectivity index is 2.00. The van der Waals surface area contributed by atoms with E-state index < -0.39 is 5.66 Å². The van der Waals surface area contributed by atoms with Gasteiger partial charge >= 0.3 is 0 Å². The number of amidine groups is 1. The summed E-state index contributed by atoms with van der Waals surface area (Å²) >= 11 is 0. The predicted molar refractivity (Wildman–Crippen MR) is 85.4 cm³/mol. The van der Waals surface area contributed by atoms with E-state index in [1.807, 2.05) is 31.2 Å². The van der Waals surface area contributed by atoms with Gasteiger partial charge in [0.2, 0.25) is 0 Å². The molecule has 2 aromatic carbocycles. The molecule has 4 heteroatoms. The Kier molecular flexibility index (Phi) is 3.39. The van der Waals surface area contributed by atoms with Crippen LogP contribution in [0, 0.1) is 0 Å². The number of hydrogen-bond acceptors (Lipinski definition) is 4. The summed E-state index contributed by atoms with van der Waals surface area (Å²) in [6.07, 6.45) is 0. The lowest BCUT2D eigenvalue weighted by Gasteiger charge is -2.22. The zero-order valence-corrected chi connectivity index (χ0v) is 12.3. The molecule has 0 aromatic heterocycles. The quantitative estimate of drug-likeness (QED) is 0.908. The third kappa shape index (κ3) is 2.62. The molecule has 1 aliphatic rings. The van der Waals surface area contributed by atoms with Gasteiger partial charge in [0.25, 0.3) is 0 Å². The minimum Gasteiger partial charge on any atom is -0.497 e. The Morgan fingerprint density at radius 1 is 1.14 bits per heavy atom. The van der Waals surface area contributed by atoms with Crippen molar-refractivity contribution >= 4 is 5.84 Å². The Hall–Kier alpha value is -2.33. The first-order valence-electron chi connectivity index (χ1n) is 6.95. The molecule has 2 aromatic rings. The molecule has 3 N–H and O–H groups in total. The highest BCUT2D eigenvalue weighted by molar-refractivity contribution is 5.84. The van der Waals surface area contributed by atoms with Crippen molar-refractivity contribution in [3.05, 3.63) is 54.1 Å². The molecule has 0 saturated carbocycles. The molecule has 1 unspecified atom stereocenters. The van der Waals surface area contributed by atoms with Crippen molar-refractivity contribution < 1.29 is 4.74 Å². The number of benzene rings is 2. The molecule has 3 rings (SSSR count). The minimum atomic E-state index is -0.445. The fraction of sp³-hybridized carbons (Fsp3) is 0.235. The Morgan fingerprint density at radius 2 is 1.86 bits per heavy atom. The van der Waals surface area contributed by atoms with E-state index in [9.17, 15) is 0 Å². The van der Waals surface area contributed by atoms with Gasteiger partial charge in [0.15, 0.2) is 0 Å². The van der Waals surface area contributed by atoms with Crippen LogP contribution >= 0.6 is 0 Å². The fourth-order valence-corrected chi connectivity index (χ4v) is 2.60. The average Bonchev–Trinajstić information content (AvgIpc) is 2.88. The maximum absolute atomic E-state index is 5.81. The number of aliphatic imine (C=N–C) groups is 1. The molecule has 0 spiro atoms. The Bertz CT molecular complexity index is 696. The normalized spacial score (nSPS) is 21.1. The van der Waals surface area contributed by atoms with Crippen LogP contribution in [0.3, 0.4) is 0 Å². The second-order valence-corrected chi connectivity index (χ2v) is 5.34. The Labute approximate surface area is 124 Å². The summed E-state index contributed by atoms with van der Waals surface area (Å²) in [5.74, 6) is 1.50. The van der Waals surface area contributed by atoms with E-state index >= 15 is 0 Å². The SMILES string of the molecule is COc1cccc(-c2cccc(C3(C)N=C(N)CN3)c2)c1. The summed E-state index contributed by atoms with van der Waals surface area (Å²) < 4.78 is 5.29. The molecule has 21 heavy (non-hydrogen) atoms. The molecule has 0 fully saturated rings. The van der Waals surface area contributed by atoms with Gasteiger partial charge < -0.3 is 10.5 Å². The number of nitrogens with one attached hydrogen (secondary N) is 1. The molecular weight excluding hydrogens is 262 g/mol. The molecule has 4 nitrogen and oxygen atoms in total. The molecule has 0 bridgehead atoms. The van der Waals surface area contributed by atoms with E-state index in [1.54, 1.807) is 7.11 Å². The molecule has 108 valence electrons. The summed E-state index contributed by atoms with van der Waals surface area (Å²) in [5.41, 5.74) is 8.71. The van der Waals surface area contributed by atoms with Crippen LogP contribution in [-0.2, 0) is 5.66 Å². The molecule has 0 amide bonds. The van der Waals surface area contributed by atoms with Gasteiger partial charge in [0, 0.05) is 0 Å². The van der Waals surface area contributed by atoms with Gasteiger partial charge in [0.1, 0.15) is 17.2 Å². The van der Waals surface area contributed by atoms with Crippen molar-refractivity contribution in [3.8, 4) is 16.9 Å². The first kappa shape index (κ1) is 13.6. The molecular formula is C17H19N3O. The van der Waals surface area contributed by atoms with Crippen LogP contribution in [-0.4, -0.2) is 19.5 Å². The van der Waals surface area contributed by atoms with Crippen molar-refractivity contribution in [1.29, 1.82) is 0 Å². The maximum Gasteiger partial charge on any atom is 0.135 e. The third-order valence-corrected chi connectivity index (χ3v) is 3.81. The zero-order valence-electron chi connectivity index (χ0n) is 12.3. The Morgan fingerprint density at radius 3 is 2.52 bits per heavy atom. The van der Waals surface area contributed by atoms with Gasteiger partial charge in [-0.3, -0.25) is 5.32 Å². The molecule has 0 aliphatic carbocycles. The molecule has 1 atom stereocenters. The van der Waals surface area contributed by atoms with E-state index in [0.717, 1.165) is 22.4 Å². The summed E-state index contributed by atoms with van der Waals surface area (Å²) in [5, 5.41) is 3.35. The maximum atomic E-state index is 5.81. The standard InChI is InChI=1S/C17H19N3O/c1-17(19-11-16(18)20-17)14-7-3-5-12(9-14)13-6-4-8-15(10-13)21-2/h3-10,19H,11H2,1-2H3,(H2,18,20). The first-order valence-corrected chi connectivity index (χ1v) is 6.95. The van der Waals surface area contributed by atoms with Crippen molar-refractivity contribution in [1.82, 2.24) is 5.32 Å². The van der Waals surface area contributed by atoms with Crippen molar-refractivity contribution in [3.63, 3.8) is 0 Å². The lowest BCUT2D eigenvalue weighted by molar-refractivity contribution is 0.415. The average molecular weight is 281 g/mol. The molecule has 0 saturated heterocycles. The third-order valence-electron chi connectivity index (χ3n) is 3.81. The van der Waals surface area contributed by atoms with Crippen molar-refractivity contribution in [2.24, 2.45) is 10.7 Å². The topological polar surface area (TPSA) is 59.6 Å². The van der Waals surface area contributed by atoms with Crippen LogP contribution in [0.25, 0.3) is 11.1 Å². The van der Waals surface area contributed by atoms with Gasteiger partial charge in [-0.2, -0.15) is 0 Å². The number of hydrogen-bond donors (Lipinski definition) is 2. The summed E-state index contributed by atoms with van der Waals surface area (Å²) in [4.78, 5) is 4.52. The van der Waals surface area contributed by atoms with E-state index in [-0.39, 0.29) is 0 Å². The highest BCUT2D eigenvalue weighted by Gasteiger charge is 2.30. The number of nitrogens with zero attached hydrogens (tertiary/aromatic N) is 1. The van der Waals surface area contributed by atoms with Crippen LogP contribution < -0.4 is 15.8 Å². The number of rotatable bonds is 3. The largest absolute Gasteiger partial charge is 0.497 e. The molecule has 0 radical (unpaired) electrons. The van der Waals surface area contributed by atoms with Crippen LogP contribution in [0.15, 0.2) is 53.5 Å². The zero-order chi connectivity index (χ0) is 14.9. The number of methoxy groups -OCH3 is 1. The van der Waals surface area contributed by atoms with Gasteiger partial charge in [-0.15, -0.1) is 0 Å². The summed E-state index contributed by atoms with van der Waals surface area (Å²) in [7, 11) is 1.68. The van der Waals surface area contributed by atoms with Gasteiger partial charge in [-0.05, 0) is 41.8 Å². The highest BCUT2D eigenvalue weighted by Crippen LogP contribution is 2.30. The predicted octanol–water partition coefficient (Wildman–Crippen LogP) is 2.50. The molecule has 1 aliphatic heterocycles. The fourth-order valence-electron chi connectivity index (χ4n) is 2.60. The monoisotopic (exact) mass is 281 g/mol. The van der Waals surface area contributed by atoms with Crippen molar-refractivity contribution in [2.45, 2.75) is 12.6 Å². The van der Waals surface area contributed by atoms with Gasteiger partial charge in [-0.25, -0.2) is 4.99 Å². The van der Waals surface area contributed by atoms with E-state index in [0.29, 0.717) is 12.4 Å². The second-order valence-electron chi connectivity index (χ2n) is 5.34.